The molecule has 1 saturated heterocycles. The predicted octanol–water partition coefficient (Wildman–Crippen LogP) is 0.351. The van der Waals surface area contributed by atoms with Gasteiger partial charge in [-0.3, -0.25) is 14.7 Å². The van der Waals surface area contributed by atoms with E-state index in [0.717, 1.165) is 0 Å². The van der Waals surface area contributed by atoms with Crippen LogP contribution in [0.25, 0.3) is 11.2 Å². The van der Waals surface area contributed by atoms with Gasteiger partial charge in [0.05, 0.1) is 29.9 Å². The number of aliphatic hydroxyl groups is 2. The summed E-state index contributed by atoms with van der Waals surface area (Å²) in [7, 11) is 0. The number of nitrogen functional groups attached to an aromatic ring is 1. The second-order valence-corrected chi connectivity index (χ2v) is 6.20. The van der Waals surface area contributed by atoms with Crippen molar-refractivity contribution < 1.29 is 19.9 Å². The monoisotopic (exact) mass is 372 g/mol. The smallest absolute Gasteiger partial charge is 0.269 e. The number of nitro benzene ring substituents is 1. The van der Waals surface area contributed by atoms with Gasteiger partial charge >= 0.3 is 0 Å². The molecule has 1 aliphatic heterocycles. The lowest BCUT2D eigenvalue weighted by atomic mass is 9.91. The summed E-state index contributed by atoms with van der Waals surface area (Å²) in [4.78, 5) is 22.7. The van der Waals surface area contributed by atoms with Crippen molar-refractivity contribution >= 4 is 22.7 Å². The molecule has 11 nitrogen and oxygen atoms in total. The lowest BCUT2D eigenvalue weighted by Gasteiger charge is -2.22. The summed E-state index contributed by atoms with van der Waals surface area (Å²) >= 11 is 0. The summed E-state index contributed by atoms with van der Waals surface area (Å²) in [5, 5.41) is 31.1. The Morgan fingerprint density at radius 1 is 1.26 bits per heavy atom. The van der Waals surface area contributed by atoms with Crippen LogP contribution in [0.4, 0.5) is 11.5 Å². The molecule has 4 atom stereocenters. The summed E-state index contributed by atoms with van der Waals surface area (Å²) in [6.07, 6.45) is 0.180. The number of benzene rings is 1. The molecule has 2 unspecified atom stereocenters. The molecule has 0 spiro atoms. The van der Waals surface area contributed by atoms with Gasteiger partial charge in [-0.25, -0.2) is 15.0 Å². The average molecular weight is 372 g/mol. The number of fused-ring (bicyclic) bond motifs is 1. The molecule has 1 aromatic carbocycles. The molecule has 1 aliphatic rings. The standard InChI is InChI=1S/C16H16N6O5/c17-14-12-15(19-6-18-14)21(7-20-12)16-11(13(24)10(5-23)27-16)8-1-3-9(4-2-8)22(25)26/h1-4,6-7,10-11,13,16,23-24H,5H2,(H2,17,18,19)/t10-,11?,13?,16-/m1/s1. The number of ether oxygens (including phenoxy) is 1. The number of nitrogens with two attached hydrogens (primary N) is 1. The highest BCUT2D eigenvalue weighted by Gasteiger charge is 2.45. The van der Waals surface area contributed by atoms with Crippen LogP contribution in [-0.2, 0) is 4.74 Å². The van der Waals surface area contributed by atoms with E-state index in [0.29, 0.717) is 16.7 Å². The molecule has 0 bridgehead atoms. The van der Waals surface area contributed by atoms with Crippen molar-refractivity contribution in [1.82, 2.24) is 19.5 Å². The fraction of sp³-hybridized carbons (Fsp3) is 0.312. The van der Waals surface area contributed by atoms with Gasteiger partial charge in [0.15, 0.2) is 11.5 Å². The van der Waals surface area contributed by atoms with Gasteiger partial charge in [-0.1, -0.05) is 12.1 Å². The van der Waals surface area contributed by atoms with Crippen molar-refractivity contribution in [2.45, 2.75) is 24.4 Å². The molecular formula is C16H16N6O5. The zero-order chi connectivity index (χ0) is 19.1. The van der Waals surface area contributed by atoms with Crippen LogP contribution in [0, 0.1) is 10.1 Å². The molecule has 4 N–H and O–H groups in total. The fourth-order valence-electron chi connectivity index (χ4n) is 3.37. The van der Waals surface area contributed by atoms with Crippen LogP contribution in [0.3, 0.4) is 0 Å². The number of non-ortho nitro benzene ring substituents is 1. The molecule has 140 valence electrons. The third kappa shape index (κ3) is 2.77. The highest BCUT2D eigenvalue weighted by Crippen LogP contribution is 2.43. The Balaban J connectivity index is 1.79. The Hall–Kier alpha value is -3.15. The van der Waals surface area contributed by atoms with Crippen LogP contribution in [0.5, 0.6) is 0 Å². The van der Waals surface area contributed by atoms with Crippen molar-refractivity contribution in [3.05, 3.63) is 52.6 Å². The predicted molar refractivity (Wildman–Crippen MR) is 92.6 cm³/mol. The maximum atomic E-state index is 10.9. The minimum absolute atomic E-state index is 0.0593. The Kier molecular flexibility index (Phi) is 4.18. The van der Waals surface area contributed by atoms with E-state index in [1.54, 1.807) is 16.7 Å². The van der Waals surface area contributed by atoms with Gasteiger partial charge in [0.2, 0.25) is 0 Å². The van der Waals surface area contributed by atoms with E-state index in [-0.39, 0.29) is 18.1 Å². The summed E-state index contributed by atoms with van der Waals surface area (Å²) in [5.41, 5.74) is 7.20. The largest absolute Gasteiger partial charge is 0.394 e. The number of aromatic nitrogens is 4. The SMILES string of the molecule is Nc1ncnc2c1ncn2[C@@H]1O[C@H](CO)C(O)C1c1ccc([N+](=O)[O-])cc1. The minimum atomic E-state index is -1.03. The van der Waals surface area contributed by atoms with Crippen molar-refractivity contribution in [2.75, 3.05) is 12.3 Å². The summed E-state index contributed by atoms with van der Waals surface area (Å²) in [5.74, 6) is -0.389. The molecule has 2 aromatic heterocycles. The molecule has 0 aliphatic carbocycles. The average Bonchev–Trinajstić information content (AvgIpc) is 3.23. The normalized spacial score (nSPS) is 25.1. The van der Waals surface area contributed by atoms with Crippen LogP contribution >= 0.6 is 0 Å². The Morgan fingerprint density at radius 2 is 2.00 bits per heavy atom. The molecule has 27 heavy (non-hydrogen) atoms. The number of imidazole rings is 1. The second kappa shape index (κ2) is 6.54. The quantitative estimate of drug-likeness (QED) is 0.433. The van der Waals surface area contributed by atoms with Crippen molar-refractivity contribution in [3.8, 4) is 0 Å². The van der Waals surface area contributed by atoms with Crippen molar-refractivity contribution in [1.29, 1.82) is 0 Å². The van der Waals surface area contributed by atoms with Crippen molar-refractivity contribution in [2.24, 2.45) is 0 Å². The van der Waals surface area contributed by atoms with Crippen LogP contribution in [0.2, 0.25) is 0 Å². The Bertz CT molecular complexity index is 991. The number of anilines is 1. The van der Waals surface area contributed by atoms with Crippen LogP contribution < -0.4 is 5.73 Å². The van der Waals surface area contributed by atoms with Gasteiger partial charge < -0.3 is 20.7 Å². The fourth-order valence-corrected chi connectivity index (χ4v) is 3.37. The zero-order valence-electron chi connectivity index (χ0n) is 13.9. The molecule has 1 fully saturated rings. The summed E-state index contributed by atoms with van der Waals surface area (Å²) in [6, 6.07) is 5.84. The maximum Gasteiger partial charge on any atom is 0.269 e. The number of nitro groups is 1. The second-order valence-electron chi connectivity index (χ2n) is 6.20. The number of aliphatic hydroxyl groups excluding tert-OH is 2. The molecular weight excluding hydrogens is 356 g/mol. The van der Waals surface area contributed by atoms with E-state index < -0.39 is 29.3 Å². The molecule has 11 heteroatoms. The number of nitrogens with zero attached hydrogens (tertiary/aromatic N) is 5. The summed E-state index contributed by atoms with van der Waals surface area (Å²) < 4.78 is 7.46. The number of hydrogen-bond acceptors (Lipinski definition) is 9. The van der Waals surface area contributed by atoms with Gasteiger partial charge in [-0.2, -0.15) is 0 Å². The van der Waals surface area contributed by atoms with E-state index in [9.17, 15) is 20.3 Å². The summed E-state index contributed by atoms with van der Waals surface area (Å²) in [6.45, 7) is -0.384. The van der Waals surface area contributed by atoms with E-state index >= 15 is 0 Å². The van der Waals surface area contributed by atoms with Gasteiger partial charge in [-0.15, -0.1) is 0 Å². The lowest BCUT2D eigenvalue weighted by molar-refractivity contribution is -0.384. The molecule has 4 rings (SSSR count). The molecule has 3 aromatic rings. The van der Waals surface area contributed by atoms with E-state index in [2.05, 4.69) is 15.0 Å². The van der Waals surface area contributed by atoms with Gasteiger partial charge in [0.25, 0.3) is 5.69 Å². The first-order valence-corrected chi connectivity index (χ1v) is 8.13. The maximum absolute atomic E-state index is 10.9. The highest BCUT2D eigenvalue weighted by atomic mass is 16.6. The van der Waals surface area contributed by atoms with Gasteiger partial charge in [0.1, 0.15) is 24.2 Å². The molecule has 0 radical (unpaired) electrons. The Morgan fingerprint density at radius 3 is 2.67 bits per heavy atom. The van der Waals surface area contributed by atoms with Gasteiger partial charge in [-0.05, 0) is 5.56 Å². The van der Waals surface area contributed by atoms with Crippen LogP contribution in [0.15, 0.2) is 36.9 Å². The molecule has 0 amide bonds. The molecule has 0 saturated carbocycles. The molecule has 3 heterocycles. The lowest BCUT2D eigenvalue weighted by Crippen LogP contribution is -2.28. The first-order valence-electron chi connectivity index (χ1n) is 8.13. The highest BCUT2D eigenvalue weighted by molar-refractivity contribution is 5.81. The topological polar surface area (TPSA) is 162 Å². The minimum Gasteiger partial charge on any atom is -0.394 e. The van der Waals surface area contributed by atoms with E-state index in [4.69, 9.17) is 10.5 Å². The van der Waals surface area contributed by atoms with Crippen molar-refractivity contribution in [3.63, 3.8) is 0 Å². The zero-order valence-corrected chi connectivity index (χ0v) is 13.9. The number of hydrogen-bond donors (Lipinski definition) is 3. The third-order valence-corrected chi connectivity index (χ3v) is 4.70. The number of rotatable bonds is 4. The Labute approximate surface area is 152 Å². The van der Waals surface area contributed by atoms with Crippen LogP contribution in [-0.4, -0.2) is 53.5 Å². The van der Waals surface area contributed by atoms with E-state index in [1.807, 2.05) is 0 Å². The first-order chi connectivity index (χ1) is 13.0. The van der Waals surface area contributed by atoms with Gasteiger partial charge in [0, 0.05) is 12.1 Å². The first kappa shape index (κ1) is 17.3. The van der Waals surface area contributed by atoms with Crippen LogP contribution in [0.1, 0.15) is 17.7 Å². The van der Waals surface area contributed by atoms with E-state index in [1.165, 1.54) is 24.8 Å². The third-order valence-electron chi connectivity index (χ3n) is 4.70.